The zero-order valence-corrected chi connectivity index (χ0v) is 11.7. The largest absolute Gasteiger partial charge is 0.343 e. The monoisotopic (exact) mass is 271 g/mol. The number of rotatable bonds is 2. The van der Waals surface area contributed by atoms with Crippen LogP contribution in [0.15, 0.2) is 24.5 Å². The first-order valence-corrected chi connectivity index (χ1v) is 6.80. The van der Waals surface area contributed by atoms with Gasteiger partial charge in [0, 0.05) is 32.5 Å². The number of anilines is 1. The number of carbonyl (C=O) groups is 1. The second-order valence-electron chi connectivity index (χ2n) is 4.95. The average Bonchev–Trinajstić information content (AvgIpc) is 2.49. The van der Waals surface area contributed by atoms with Crippen LogP contribution in [-0.4, -0.2) is 51.9 Å². The van der Waals surface area contributed by atoms with E-state index in [1.165, 1.54) is 0 Å². The maximum absolute atomic E-state index is 12.2. The summed E-state index contributed by atoms with van der Waals surface area (Å²) in [6.07, 6.45) is 4.05. The predicted octanol–water partition coefficient (Wildman–Crippen LogP) is 1.08. The third-order valence-corrected chi connectivity index (χ3v) is 3.71. The molecule has 20 heavy (non-hydrogen) atoms. The van der Waals surface area contributed by atoms with Gasteiger partial charge in [0.2, 0.25) is 5.91 Å². The molecule has 1 fully saturated rings. The van der Waals surface area contributed by atoms with Gasteiger partial charge in [0.05, 0.1) is 0 Å². The van der Waals surface area contributed by atoms with Gasteiger partial charge in [-0.05, 0) is 18.6 Å². The summed E-state index contributed by atoms with van der Waals surface area (Å²) in [6, 6.07) is 3.67. The molecule has 0 spiro atoms. The van der Waals surface area contributed by atoms with Gasteiger partial charge in [-0.3, -0.25) is 9.78 Å². The fraction of sp³-hybridized carbons (Fsp3) is 0.429. The van der Waals surface area contributed by atoms with Crippen LogP contribution >= 0.6 is 0 Å². The molecule has 1 aliphatic rings. The molecule has 0 aromatic carbocycles. The summed E-state index contributed by atoms with van der Waals surface area (Å²) in [5.74, 6) is 0.950. The van der Waals surface area contributed by atoms with Gasteiger partial charge >= 0.3 is 0 Å². The van der Waals surface area contributed by atoms with Gasteiger partial charge in [0.15, 0.2) is 5.65 Å². The number of pyridine rings is 1. The zero-order chi connectivity index (χ0) is 14.1. The molecule has 1 saturated heterocycles. The molecule has 3 rings (SSSR count). The summed E-state index contributed by atoms with van der Waals surface area (Å²) in [6.45, 7) is 3.53. The second kappa shape index (κ2) is 5.03. The highest BCUT2D eigenvalue weighted by Crippen LogP contribution is 2.22. The van der Waals surface area contributed by atoms with Crippen molar-refractivity contribution in [3.63, 3.8) is 0 Å². The quantitative estimate of drug-likeness (QED) is 0.818. The minimum absolute atomic E-state index is 0.143. The Kier molecular flexibility index (Phi) is 3.22. The van der Waals surface area contributed by atoms with E-state index in [4.69, 9.17) is 0 Å². The highest BCUT2D eigenvalue weighted by Gasteiger charge is 2.32. The van der Waals surface area contributed by atoms with Gasteiger partial charge in [0.25, 0.3) is 0 Å². The molecule has 6 heteroatoms. The van der Waals surface area contributed by atoms with Crippen LogP contribution in [0.1, 0.15) is 13.3 Å². The SMILES string of the molecule is CCC1C(=O)N(C)CCN1c1ccc2nccnc2n1. The van der Waals surface area contributed by atoms with Crippen molar-refractivity contribution >= 4 is 22.9 Å². The molecular weight excluding hydrogens is 254 g/mol. The van der Waals surface area contributed by atoms with Gasteiger partial charge in [-0.1, -0.05) is 6.92 Å². The number of hydrogen-bond acceptors (Lipinski definition) is 5. The lowest BCUT2D eigenvalue weighted by atomic mass is 10.1. The van der Waals surface area contributed by atoms with E-state index in [2.05, 4.69) is 19.9 Å². The van der Waals surface area contributed by atoms with E-state index in [0.29, 0.717) is 5.65 Å². The van der Waals surface area contributed by atoms with Crippen molar-refractivity contribution in [2.24, 2.45) is 0 Å². The summed E-state index contributed by atoms with van der Waals surface area (Å²) in [5, 5.41) is 0. The molecule has 6 nitrogen and oxygen atoms in total. The van der Waals surface area contributed by atoms with Crippen molar-refractivity contribution in [1.29, 1.82) is 0 Å². The maximum atomic E-state index is 12.2. The maximum Gasteiger partial charge on any atom is 0.245 e. The summed E-state index contributed by atoms with van der Waals surface area (Å²) in [7, 11) is 1.85. The standard InChI is InChI=1S/C14H17N5O/c1-3-11-14(20)18(2)8-9-19(11)12-5-4-10-13(17-12)16-7-6-15-10/h4-7,11H,3,8-9H2,1-2H3. The van der Waals surface area contributed by atoms with Crippen LogP contribution in [0.4, 0.5) is 5.82 Å². The number of piperazine rings is 1. The number of nitrogens with zero attached hydrogens (tertiary/aromatic N) is 5. The van der Waals surface area contributed by atoms with Crippen LogP contribution in [0, 0.1) is 0 Å². The number of likely N-dealkylation sites (N-methyl/N-ethyl adjacent to an activating group) is 1. The van der Waals surface area contributed by atoms with Crippen LogP contribution in [-0.2, 0) is 4.79 Å². The zero-order valence-electron chi connectivity index (χ0n) is 11.7. The molecule has 0 saturated carbocycles. The molecular formula is C14H17N5O. The Morgan fingerprint density at radius 2 is 2.05 bits per heavy atom. The van der Waals surface area contributed by atoms with Crippen molar-refractivity contribution in [3.05, 3.63) is 24.5 Å². The van der Waals surface area contributed by atoms with Gasteiger partial charge in [0.1, 0.15) is 17.4 Å². The third-order valence-electron chi connectivity index (χ3n) is 3.71. The topological polar surface area (TPSA) is 62.2 Å². The second-order valence-corrected chi connectivity index (χ2v) is 4.95. The highest BCUT2D eigenvalue weighted by molar-refractivity contribution is 5.86. The Labute approximate surface area is 117 Å². The molecule has 2 aromatic rings. The molecule has 0 radical (unpaired) electrons. The molecule has 0 N–H and O–H groups in total. The normalized spacial score (nSPS) is 19.7. The first-order chi connectivity index (χ1) is 9.70. The number of amides is 1. The minimum atomic E-state index is -0.143. The van der Waals surface area contributed by atoms with E-state index in [9.17, 15) is 4.79 Å². The van der Waals surface area contributed by atoms with E-state index < -0.39 is 0 Å². The first-order valence-electron chi connectivity index (χ1n) is 6.80. The minimum Gasteiger partial charge on any atom is -0.343 e. The molecule has 1 aliphatic heterocycles. The Bertz CT molecular complexity index is 644. The molecule has 0 bridgehead atoms. The smallest absolute Gasteiger partial charge is 0.245 e. The number of fused-ring (bicyclic) bond motifs is 1. The molecule has 3 heterocycles. The van der Waals surface area contributed by atoms with Crippen LogP contribution < -0.4 is 4.90 Å². The molecule has 1 unspecified atom stereocenters. The van der Waals surface area contributed by atoms with E-state index in [-0.39, 0.29) is 11.9 Å². The highest BCUT2D eigenvalue weighted by atomic mass is 16.2. The number of hydrogen-bond donors (Lipinski definition) is 0. The van der Waals surface area contributed by atoms with Crippen LogP contribution in [0.2, 0.25) is 0 Å². The lowest BCUT2D eigenvalue weighted by Crippen LogP contribution is -2.55. The number of carbonyl (C=O) groups excluding carboxylic acids is 1. The van der Waals surface area contributed by atoms with Crippen molar-refractivity contribution in [3.8, 4) is 0 Å². The van der Waals surface area contributed by atoms with Gasteiger partial charge in [-0.25, -0.2) is 9.97 Å². The van der Waals surface area contributed by atoms with E-state index >= 15 is 0 Å². The third kappa shape index (κ3) is 2.07. The molecule has 2 aromatic heterocycles. The molecule has 0 aliphatic carbocycles. The summed E-state index contributed by atoms with van der Waals surface area (Å²) in [5.41, 5.74) is 1.39. The van der Waals surface area contributed by atoms with Crippen LogP contribution in [0.3, 0.4) is 0 Å². The van der Waals surface area contributed by atoms with Gasteiger partial charge < -0.3 is 9.80 Å². The van der Waals surface area contributed by atoms with Crippen molar-refractivity contribution in [2.75, 3.05) is 25.0 Å². The predicted molar refractivity (Wildman–Crippen MR) is 76.4 cm³/mol. The fourth-order valence-electron chi connectivity index (χ4n) is 2.59. The lowest BCUT2D eigenvalue weighted by molar-refractivity contribution is -0.132. The van der Waals surface area contributed by atoms with Crippen molar-refractivity contribution in [1.82, 2.24) is 19.9 Å². The Hall–Kier alpha value is -2.24. The molecule has 1 atom stereocenters. The van der Waals surface area contributed by atoms with E-state index in [0.717, 1.165) is 30.8 Å². The van der Waals surface area contributed by atoms with Crippen LogP contribution in [0.5, 0.6) is 0 Å². The summed E-state index contributed by atoms with van der Waals surface area (Å²) >= 11 is 0. The van der Waals surface area contributed by atoms with Crippen LogP contribution in [0.25, 0.3) is 11.2 Å². The number of aromatic nitrogens is 3. The lowest BCUT2D eigenvalue weighted by Gasteiger charge is -2.39. The van der Waals surface area contributed by atoms with Gasteiger partial charge in [-0.2, -0.15) is 0 Å². The molecule has 104 valence electrons. The summed E-state index contributed by atoms with van der Waals surface area (Å²) < 4.78 is 0. The van der Waals surface area contributed by atoms with E-state index in [1.54, 1.807) is 17.3 Å². The first kappa shape index (κ1) is 12.8. The summed E-state index contributed by atoms with van der Waals surface area (Å²) in [4.78, 5) is 29.1. The molecule has 1 amide bonds. The fourth-order valence-corrected chi connectivity index (χ4v) is 2.59. The van der Waals surface area contributed by atoms with E-state index in [1.807, 2.05) is 26.1 Å². The van der Waals surface area contributed by atoms with Crippen molar-refractivity contribution < 1.29 is 4.79 Å². The Morgan fingerprint density at radius 1 is 1.25 bits per heavy atom. The van der Waals surface area contributed by atoms with Gasteiger partial charge in [-0.15, -0.1) is 0 Å². The Balaban J connectivity index is 1.98. The Morgan fingerprint density at radius 3 is 2.85 bits per heavy atom. The van der Waals surface area contributed by atoms with Crippen molar-refractivity contribution in [2.45, 2.75) is 19.4 Å². The average molecular weight is 271 g/mol.